The molecule has 4 nitrogen and oxygen atoms in total. The maximum atomic E-state index is 8.79. The first kappa shape index (κ1) is 14.5. The van der Waals surface area contributed by atoms with E-state index in [1.54, 1.807) is 0 Å². The fourth-order valence-corrected chi connectivity index (χ4v) is 2.15. The Morgan fingerprint density at radius 2 is 1.95 bits per heavy atom. The monoisotopic (exact) mass is 266 g/mol. The Bertz CT molecular complexity index is 348. The highest BCUT2D eigenvalue weighted by atomic mass is 16.6. The quantitative estimate of drug-likeness (QED) is 0.692. The molecule has 0 unspecified atom stereocenters. The Kier molecular flexibility index (Phi) is 5.79. The van der Waals surface area contributed by atoms with Gasteiger partial charge >= 0.3 is 0 Å². The van der Waals surface area contributed by atoms with Crippen molar-refractivity contribution in [2.24, 2.45) is 0 Å². The lowest BCUT2D eigenvalue weighted by molar-refractivity contribution is -0.217. The third-order valence-corrected chi connectivity index (χ3v) is 3.26. The number of aliphatic hydroxyl groups excluding tert-OH is 1. The molecular weight excluding hydrogens is 244 g/mol. The number of aliphatic hydroxyl groups is 1. The molecule has 1 aliphatic heterocycles. The molecule has 0 saturated carbocycles. The van der Waals surface area contributed by atoms with Gasteiger partial charge in [-0.15, -0.1) is 0 Å². The van der Waals surface area contributed by atoms with Crippen LogP contribution in [0.2, 0.25) is 0 Å². The number of hydrogen-bond donors (Lipinski definition) is 1. The van der Waals surface area contributed by atoms with Gasteiger partial charge in [-0.25, -0.2) is 0 Å². The molecular formula is C15H22O4. The fourth-order valence-electron chi connectivity index (χ4n) is 2.15. The minimum absolute atomic E-state index is 0.0618. The Balaban J connectivity index is 1.58. The summed E-state index contributed by atoms with van der Waals surface area (Å²) >= 11 is 0. The van der Waals surface area contributed by atoms with Crippen LogP contribution in [-0.4, -0.2) is 43.7 Å². The predicted molar refractivity (Wildman–Crippen MR) is 71.9 cm³/mol. The van der Waals surface area contributed by atoms with E-state index in [1.807, 2.05) is 18.2 Å². The van der Waals surface area contributed by atoms with Crippen molar-refractivity contribution in [3.8, 4) is 0 Å². The highest BCUT2D eigenvalue weighted by molar-refractivity contribution is 5.13. The molecule has 1 fully saturated rings. The molecule has 0 bridgehead atoms. The van der Waals surface area contributed by atoms with E-state index in [2.05, 4.69) is 12.1 Å². The molecule has 1 N–H and O–H groups in total. The fraction of sp³-hybridized carbons (Fsp3) is 0.600. The van der Waals surface area contributed by atoms with Gasteiger partial charge in [0.1, 0.15) is 5.60 Å². The smallest absolute Gasteiger partial charge is 0.115 e. The van der Waals surface area contributed by atoms with Gasteiger partial charge in [0.05, 0.1) is 33.0 Å². The van der Waals surface area contributed by atoms with Gasteiger partial charge in [0.25, 0.3) is 0 Å². The van der Waals surface area contributed by atoms with Crippen molar-refractivity contribution in [3.63, 3.8) is 0 Å². The zero-order chi connectivity index (χ0) is 13.4. The van der Waals surface area contributed by atoms with E-state index >= 15 is 0 Å². The van der Waals surface area contributed by atoms with Crippen LogP contribution in [0.1, 0.15) is 18.4 Å². The van der Waals surface area contributed by atoms with Gasteiger partial charge in [-0.2, -0.15) is 0 Å². The third kappa shape index (κ3) is 4.58. The van der Waals surface area contributed by atoms with Crippen molar-refractivity contribution in [1.29, 1.82) is 0 Å². The first-order valence-corrected chi connectivity index (χ1v) is 6.79. The molecule has 0 radical (unpaired) electrons. The lowest BCUT2D eigenvalue weighted by Gasteiger charge is -2.41. The molecule has 0 aromatic heterocycles. The summed E-state index contributed by atoms with van der Waals surface area (Å²) in [5.74, 6) is 0. The molecule has 1 aliphatic rings. The second kappa shape index (κ2) is 7.60. The average molecular weight is 266 g/mol. The Hall–Kier alpha value is -0.940. The SMILES string of the molecule is OCCOC1(CCCOCc2ccccc2)COC1. The van der Waals surface area contributed by atoms with Crippen LogP contribution in [0.5, 0.6) is 0 Å². The van der Waals surface area contributed by atoms with E-state index in [1.165, 1.54) is 5.56 Å². The molecule has 106 valence electrons. The van der Waals surface area contributed by atoms with E-state index in [0.29, 0.717) is 26.4 Å². The van der Waals surface area contributed by atoms with Crippen LogP contribution in [0.3, 0.4) is 0 Å². The van der Waals surface area contributed by atoms with Crippen molar-refractivity contribution < 1.29 is 19.3 Å². The third-order valence-electron chi connectivity index (χ3n) is 3.26. The van der Waals surface area contributed by atoms with Crippen molar-refractivity contribution in [2.75, 3.05) is 33.0 Å². The van der Waals surface area contributed by atoms with Gasteiger partial charge in [0.15, 0.2) is 0 Å². The van der Waals surface area contributed by atoms with E-state index < -0.39 is 0 Å². The molecule has 19 heavy (non-hydrogen) atoms. The van der Waals surface area contributed by atoms with Crippen LogP contribution < -0.4 is 0 Å². The Morgan fingerprint density at radius 3 is 2.58 bits per heavy atom. The minimum atomic E-state index is -0.182. The Labute approximate surface area is 114 Å². The van der Waals surface area contributed by atoms with Gasteiger partial charge in [0, 0.05) is 6.61 Å². The molecule has 1 saturated heterocycles. The summed E-state index contributed by atoms with van der Waals surface area (Å²) in [5.41, 5.74) is 1.01. The van der Waals surface area contributed by atoms with Gasteiger partial charge in [0.2, 0.25) is 0 Å². The van der Waals surface area contributed by atoms with E-state index in [0.717, 1.165) is 19.4 Å². The second-order valence-corrected chi connectivity index (χ2v) is 4.89. The summed E-state index contributed by atoms with van der Waals surface area (Å²) in [5, 5.41) is 8.79. The standard InChI is InChI=1S/C15H22O4/c16-8-10-19-15(12-18-13-15)7-4-9-17-11-14-5-2-1-3-6-14/h1-3,5-6,16H,4,7-13H2. The summed E-state index contributed by atoms with van der Waals surface area (Å²) < 4.78 is 16.5. The van der Waals surface area contributed by atoms with Crippen molar-refractivity contribution >= 4 is 0 Å². The maximum Gasteiger partial charge on any atom is 0.115 e. The molecule has 2 rings (SSSR count). The molecule has 1 aromatic rings. The number of hydrogen-bond acceptors (Lipinski definition) is 4. The topological polar surface area (TPSA) is 47.9 Å². The average Bonchev–Trinajstić information content (AvgIpc) is 2.41. The lowest BCUT2D eigenvalue weighted by atomic mass is 9.95. The highest BCUT2D eigenvalue weighted by Gasteiger charge is 2.38. The molecule has 0 spiro atoms. The van der Waals surface area contributed by atoms with Crippen LogP contribution >= 0.6 is 0 Å². The zero-order valence-electron chi connectivity index (χ0n) is 11.2. The van der Waals surface area contributed by atoms with Gasteiger partial charge < -0.3 is 19.3 Å². The summed E-state index contributed by atoms with van der Waals surface area (Å²) in [6.07, 6.45) is 1.86. The summed E-state index contributed by atoms with van der Waals surface area (Å²) in [6.45, 7) is 3.08. The lowest BCUT2D eigenvalue weighted by Crippen LogP contribution is -2.52. The van der Waals surface area contributed by atoms with Crippen molar-refractivity contribution in [1.82, 2.24) is 0 Å². The van der Waals surface area contributed by atoms with Crippen LogP contribution in [0, 0.1) is 0 Å². The first-order chi connectivity index (χ1) is 9.35. The molecule has 0 atom stereocenters. The summed E-state index contributed by atoms with van der Waals surface area (Å²) in [6, 6.07) is 10.2. The molecule has 1 aromatic carbocycles. The maximum absolute atomic E-state index is 8.79. The van der Waals surface area contributed by atoms with Gasteiger partial charge in [-0.3, -0.25) is 0 Å². The summed E-state index contributed by atoms with van der Waals surface area (Å²) in [7, 11) is 0. The van der Waals surface area contributed by atoms with Gasteiger partial charge in [-0.05, 0) is 18.4 Å². The first-order valence-electron chi connectivity index (χ1n) is 6.79. The second-order valence-electron chi connectivity index (χ2n) is 4.89. The van der Waals surface area contributed by atoms with Gasteiger partial charge in [-0.1, -0.05) is 30.3 Å². The van der Waals surface area contributed by atoms with Crippen LogP contribution in [0.25, 0.3) is 0 Å². The van der Waals surface area contributed by atoms with E-state index in [-0.39, 0.29) is 12.2 Å². The van der Waals surface area contributed by atoms with Crippen molar-refractivity contribution in [2.45, 2.75) is 25.0 Å². The van der Waals surface area contributed by atoms with Crippen LogP contribution in [-0.2, 0) is 20.8 Å². The van der Waals surface area contributed by atoms with Crippen LogP contribution in [0.4, 0.5) is 0 Å². The zero-order valence-corrected chi connectivity index (χ0v) is 11.2. The molecule has 4 heteroatoms. The Morgan fingerprint density at radius 1 is 1.16 bits per heavy atom. The van der Waals surface area contributed by atoms with Crippen molar-refractivity contribution in [3.05, 3.63) is 35.9 Å². The van der Waals surface area contributed by atoms with E-state index in [4.69, 9.17) is 19.3 Å². The number of ether oxygens (including phenoxy) is 3. The molecule has 0 amide bonds. The molecule has 1 heterocycles. The minimum Gasteiger partial charge on any atom is -0.394 e. The largest absolute Gasteiger partial charge is 0.394 e. The number of rotatable bonds is 9. The highest BCUT2D eigenvalue weighted by Crippen LogP contribution is 2.27. The normalized spacial score (nSPS) is 17.1. The van der Waals surface area contributed by atoms with E-state index in [9.17, 15) is 0 Å². The molecule has 0 aliphatic carbocycles. The predicted octanol–water partition coefficient (Wildman–Crippen LogP) is 1.76. The number of benzene rings is 1. The summed E-state index contributed by atoms with van der Waals surface area (Å²) in [4.78, 5) is 0. The van der Waals surface area contributed by atoms with Crippen LogP contribution in [0.15, 0.2) is 30.3 Å².